The van der Waals surface area contributed by atoms with Gasteiger partial charge in [-0.25, -0.2) is 0 Å². The largest absolute Gasteiger partial charge is 0.361 e. The highest BCUT2D eigenvalue weighted by atomic mass is 16.1. The second kappa shape index (κ2) is 5.71. The smallest absolute Gasteiger partial charge is 0.220 e. The van der Waals surface area contributed by atoms with Gasteiger partial charge in [0.15, 0.2) is 0 Å². The molecule has 0 aliphatic rings. The number of carbonyl (C=O) groups excluding carboxylic acids is 1. The van der Waals surface area contributed by atoms with Crippen LogP contribution in [-0.4, -0.2) is 16.9 Å². The van der Waals surface area contributed by atoms with Crippen LogP contribution in [0.25, 0.3) is 10.9 Å². The van der Waals surface area contributed by atoms with Crippen LogP contribution in [0, 0.1) is 0 Å². The fourth-order valence-corrected chi connectivity index (χ4v) is 2.26. The van der Waals surface area contributed by atoms with Gasteiger partial charge < -0.3 is 10.3 Å². The van der Waals surface area contributed by atoms with Crippen LogP contribution in [0.2, 0.25) is 0 Å². The molecule has 3 heteroatoms. The molecule has 0 saturated carbocycles. The summed E-state index contributed by atoms with van der Waals surface area (Å²) in [6.07, 6.45) is 4.40. The van der Waals surface area contributed by atoms with E-state index in [4.69, 9.17) is 0 Å². The minimum absolute atomic E-state index is 0.143. The topological polar surface area (TPSA) is 44.9 Å². The number of H-pyrrole nitrogens is 1. The number of aromatic amines is 1. The number of amides is 1. The van der Waals surface area contributed by atoms with Crippen molar-refractivity contribution in [2.24, 2.45) is 0 Å². The lowest BCUT2D eigenvalue weighted by atomic mass is 10.1. The van der Waals surface area contributed by atoms with Gasteiger partial charge in [-0.3, -0.25) is 4.79 Å². The van der Waals surface area contributed by atoms with Gasteiger partial charge in [0.1, 0.15) is 0 Å². The van der Waals surface area contributed by atoms with Crippen molar-refractivity contribution >= 4 is 16.8 Å². The summed E-state index contributed by atoms with van der Waals surface area (Å²) in [5.41, 5.74) is 2.41. The van der Waals surface area contributed by atoms with Gasteiger partial charge in [0, 0.05) is 29.6 Å². The van der Waals surface area contributed by atoms with Crippen molar-refractivity contribution in [2.75, 3.05) is 0 Å². The molecule has 96 valence electrons. The molecule has 2 N–H and O–H groups in total. The Bertz CT molecular complexity index is 530. The Morgan fingerprint density at radius 2 is 2.17 bits per heavy atom. The average Bonchev–Trinajstić information content (AvgIpc) is 2.73. The first kappa shape index (κ1) is 12.7. The number of hydrogen-bond acceptors (Lipinski definition) is 1. The second-order valence-corrected chi connectivity index (χ2v) is 4.78. The predicted molar refractivity (Wildman–Crippen MR) is 74.5 cm³/mol. The van der Waals surface area contributed by atoms with Crippen molar-refractivity contribution in [2.45, 2.75) is 39.2 Å². The number of fused-ring (bicyclic) bond motifs is 1. The molecule has 1 unspecified atom stereocenters. The molecule has 1 atom stereocenters. The van der Waals surface area contributed by atoms with Crippen molar-refractivity contribution in [1.29, 1.82) is 0 Å². The highest BCUT2D eigenvalue weighted by Crippen LogP contribution is 2.18. The second-order valence-electron chi connectivity index (χ2n) is 4.78. The lowest BCUT2D eigenvalue weighted by Crippen LogP contribution is -2.33. The minimum Gasteiger partial charge on any atom is -0.361 e. The molecular formula is C15H20N2O. The van der Waals surface area contributed by atoms with Crippen molar-refractivity contribution in [1.82, 2.24) is 10.3 Å². The van der Waals surface area contributed by atoms with Crippen LogP contribution in [0.15, 0.2) is 30.5 Å². The summed E-state index contributed by atoms with van der Waals surface area (Å²) >= 11 is 0. The highest BCUT2D eigenvalue weighted by Gasteiger charge is 2.10. The van der Waals surface area contributed by atoms with E-state index in [1.165, 1.54) is 10.9 Å². The van der Waals surface area contributed by atoms with E-state index in [-0.39, 0.29) is 11.9 Å². The van der Waals surface area contributed by atoms with Crippen LogP contribution in [0.1, 0.15) is 32.3 Å². The maximum Gasteiger partial charge on any atom is 0.220 e. The van der Waals surface area contributed by atoms with Gasteiger partial charge >= 0.3 is 0 Å². The summed E-state index contributed by atoms with van der Waals surface area (Å²) in [4.78, 5) is 14.8. The molecule has 3 nitrogen and oxygen atoms in total. The molecular weight excluding hydrogens is 224 g/mol. The minimum atomic E-state index is 0.143. The summed E-state index contributed by atoms with van der Waals surface area (Å²) in [7, 11) is 0. The predicted octanol–water partition coefficient (Wildman–Crippen LogP) is 3.02. The van der Waals surface area contributed by atoms with Crippen molar-refractivity contribution in [3.05, 3.63) is 36.0 Å². The Labute approximate surface area is 108 Å². The van der Waals surface area contributed by atoms with Gasteiger partial charge in [0.2, 0.25) is 5.91 Å². The fraction of sp³-hybridized carbons (Fsp3) is 0.400. The molecule has 0 spiro atoms. The van der Waals surface area contributed by atoms with Gasteiger partial charge in [0.25, 0.3) is 0 Å². The Morgan fingerprint density at radius 3 is 2.94 bits per heavy atom. The van der Waals surface area contributed by atoms with Gasteiger partial charge in [0.05, 0.1) is 0 Å². The number of hydrogen-bond donors (Lipinski definition) is 2. The summed E-state index contributed by atoms with van der Waals surface area (Å²) < 4.78 is 0. The van der Waals surface area contributed by atoms with Crippen LogP contribution in [0.4, 0.5) is 0 Å². The Morgan fingerprint density at radius 1 is 1.39 bits per heavy atom. The molecule has 0 fully saturated rings. The Kier molecular flexibility index (Phi) is 4.03. The molecule has 1 heterocycles. The van der Waals surface area contributed by atoms with Crippen LogP contribution in [0.3, 0.4) is 0 Å². The summed E-state index contributed by atoms with van der Waals surface area (Å²) in [6, 6.07) is 8.42. The summed E-state index contributed by atoms with van der Waals surface area (Å²) in [6.45, 7) is 4.07. The summed E-state index contributed by atoms with van der Waals surface area (Å²) in [5.74, 6) is 0.143. The standard InChI is InChI=1S/C15H20N2O/c1-3-6-15(18)17-11(2)9-12-10-16-14-8-5-4-7-13(12)14/h4-5,7-8,10-11,16H,3,6,9H2,1-2H3,(H,17,18). The van der Waals surface area contributed by atoms with Gasteiger partial charge in [-0.1, -0.05) is 25.1 Å². The number of benzene rings is 1. The number of para-hydroxylation sites is 1. The maximum absolute atomic E-state index is 11.5. The van der Waals surface area contributed by atoms with E-state index in [1.807, 2.05) is 25.3 Å². The van der Waals surface area contributed by atoms with E-state index >= 15 is 0 Å². The van der Waals surface area contributed by atoms with Crippen molar-refractivity contribution in [3.63, 3.8) is 0 Å². The van der Waals surface area contributed by atoms with E-state index in [9.17, 15) is 4.79 Å². The molecule has 0 bridgehead atoms. The molecule has 2 rings (SSSR count). The van der Waals surface area contributed by atoms with Gasteiger partial charge in [-0.05, 0) is 31.4 Å². The van der Waals surface area contributed by atoms with E-state index < -0.39 is 0 Å². The Balaban J connectivity index is 2.03. The lowest BCUT2D eigenvalue weighted by molar-refractivity contribution is -0.121. The van der Waals surface area contributed by atoms with E-state index in [0.717, 1.165) is 18.4 Å². The average molecular weight is 244 g/mol. The third-order valence-corrected chi connectivity index (χ3v) is 3.09. The van der Waals surface area contributed by atoms with E-state index in [1.54, 1.807) is 0 Å². The zero-order valence-electron chi connectivity index (χ0n) is 11.0. The highest BCUT2D eigenvalue weighted by molar-refractivity contribution is 5.83. The molecule has 1 aromatic heterocycles. The van der Waals surface area contributed by atoms with Crippen LogP contribution >= 0.6 is 0 Å². The van der Waals surface area contributed by atoms with E-state index in [2.05, 4.69) is 29.4 Å². The van der Waals surface area contributed by atoms with Crippen molar-refractivity contribution < 1.29 is 4.79 Å². The number of carbonyl (C=O) groups is 1. The molecule has 1 aromatic carbocycles. The quantitative estimate of drug-likeness (QED) is 0.834. The molecule has 1 amide bonds. The number of aromatic nitrogens is 1. The lowest BCUT2D eigenvalue weighted by Gasteiger charge is -2.13. The first-order chi connectivity index (χ1) is 8.70. The van der Waals surface area contributed by atoms with Crippen molar-refractivity contribution in [3.8, 4) is 0 Å². The molecule has 2 aromatic rings. The van der Waals surface area contributed by atoms with Gasteiger partial charge in [-0.15, -0.1) is 0 Å². The molecule has 18 heavy (non-hydrogen) atoms. The first-order valence-electron chi connectivity index (χ1n) is 6.55. The monoisotopic (exact) mass is 244 g/mol. The third-order valence-electron chi connectivity index (χ3n) is 3.09. The zero-order valence-corrected chi connectivity index (χ0v) is 11.0. The molecule has 0 aliphatic carbocycles. The van der Waals surface area contributed by atoms with Crippen LogP contribution < -0.4 is 5.32 Å². The number of rotatable bonds is 5. The Hall–Kier alpha value is -1.77. The molecule has 0 radical (unpaired) electrons. The molecule has 0 saturated heterocycles. The number of nitrogens with one attached hydrogen (secondary N) is 2. The third kappa shape index (κ3) is 2.92. The fourth-order valence-electron chi connectivity index (χ4n) is 2.26. The summed E-state index contributed by atoms with van der Waals surface area (Å²) in [5, 5.41) is 4.28. The zero-order chi connectivity index (χ0) is 13.0. The van der Waals surface area contributed by atoms with Crippen LogP contribution in [0.5, 0.6) is 0 Å². The molecule has 0 aliphatic heterocycles. The van der Waals surface area contributed by atoms with Crippen LogP contribution in [-0.2, 0) is 11.2 Å². The van der Waals surface area contributed by atoms with E-state index in [0.29, 0.717) is 6.42 Å². The normalized spacial score (nSPS) is 12.6. The SMILES string of the molecule is CCCC(=O)NC(C)Cc1c[nH]c2ccccc12. The first-order valence-corrected chi connectivity index (χ1v) is 6.55. The maximum atomic E-state index is 11.5. The van der Waals surface area contributed by atoms with Gasteiger partial charge in [-0.2, -0.15) is 0 Å².